The number of carbonyl (C=O) groups is 2. The molecule has 20 heavy (non-hydrogen) atoms. The number of carboxylic acid groups (broad SMARTS) is 1. The summed E-state index contributed by atoms with van der Waals surface area (Å²) >= 11 is 0. The highest BCUT2D eigenvalue weighted by molar-refractivity contribution is 5.75. The summed E-state index contributed by atoms with van der Waals surface area (Å²) < 4.78 is 5.37. The molecular formula is C14H28N2O4. The molecule has 0 aliphatic carbocycles. The number of carboxylic acids is 1. The maximum atomic E-state index is 11.5. The normalized spacial score (nSPS) is 12.2. The van der Waals surface area contributed by atoms with Gasteiger partial charge in [-0.05, 0) is 18.8 Å². The third kappa shape index (κ3) is 9.61. The molecule has 0 rings (SSSR count). The Bertz CT molecular complexity index is 282. The van der Waals surface area contributed by atoms with E-state index in [1.165, 1.54) is 0 Å². The van der Waals surface area contributed by atoms with Crippen molar-refractivity contribution in [1.29, 1.82) is 0 Å². The Labute approximate surface area is 121 Å². The number of carbonyl (C=O) groups excluding carboxylic acids is 1. The molecule has 3 N–H and O–H groups in total. The third-order valence-electron chi connectivity index (χ3n) is 3.00. The Morgan fingerprint density at radius 2 is 1.80 bits per heavy atom. The van der Waals surface area contributed by atoms with E-state index in [1.807, 2.05) is 13.8 Å². The predicted molar refractivity (Wildman–Crippen MR) is 77.7 cm³/mol. The number of ether oxygens (including phenoxy) is 1. The molecule has 0 bridgehead atoms. The molecule has 0 fully saturated rings. The number of nitrogens with one attached hydrogen (secondary N) is 2. The Hall–Kier alpha value is -1.30. The number of hydrogen-bond donors (Lipinski definition) is 3. The number of rotatable bonds is 11. The molecule has 118 valence electrons. The first-order valence-electron chi connectivity index (χ1n) is 7.31. The van der Waals surface area contributed by atoms with E-state index >= 15 is 0 Å². The van der Waals surface area contributed by atoms with E-state index < -0.39 is 11.9 Å². The van der Waals surface area contributed by atoms with Crippen LogP contribution in [0.4, 0.5) is 4.79 Å². The summed E-state index contributed by atoms with van der Waals surface area (Å²) in [5, 5.41) is 14.3. The van der Waals surface area contributed by atoms with E-state index in [0.717, 1.165) is 25.9 Å². The molecule has 6 heteroatoms. The van der Waals surface area contributed by atoms with Crippen molar-refractivity contribution in [3.63, 3.8) is 0 Å². The monoisotopic (exact) mass is 288 g/mol. The highest BCUT2D eigenvalue weighted by Crippen LogP contribution is 2.09. The molecule has 6 nitrogen and oxygen atoms in total. The average Bonchev–Trinajstić information content (AvgIpc) is 2.37. The Morgan fingerprint density at radius 3 is 2.35 bits per heavy atom. The molecule has 1 atom stereocenters. The van der Waals surface area contributed by atoms with Gasteiger partial charge in [-0.25, -0.2) is 4.79 Å². The van der Waals surface area contributed by atoms with E-state index in [1.54, 1.807) is 0 Å². The lowest BCUT2D eigenvalue weighted by Crippen LogP contribution is -2.41. The van der Waals surface area contributed by atoms with Gasteiger partial charge in [0.1, 0.15) is 0 Å². The van der Waals surface area contributed by atoms with Crippen LogP contribution in [0.1, 0.15) is 40.0 Å². The zero-order valence-corrected chi connectivity index (χ0v) is 12.8. The fourth-order valence-electron chi connectivity index (χ4n) is 1.60. The fourth-order valence-corrected chi connectivity index (χ4v) is 1.60. The SMILES string of the molecule is CCCCOCCCNC(=O)NCC(C(=O)O)C(C)C. The largest absolute Gasteiger partial charge is 0.481 e. The number of unbranched alkanes of at least 4 members (excludes halogenated alkanes) is 1. The van der Waals surface area contributed by atoms with Gasteiger partial charge in [0.05, 0.1) is 5.92 Å². The lowest BCUT2D eigenvalue weighted by Gasteiger charge is -2.17. The number of amides is 2. The number of urea groups is 1. The topological polar surface area (TPSA) is 87.7 Å². The van der Waals surface area contributed by atoms with Gasteiger partial charge in [-0.3, -0.25) is 4.79 Å². The molecule has 0 spiro atoms. The van der Waals surface area contributed by atoms with Crippen molar-refractivity contribution in [2.45, 2.75) is 40.0 Å². The predicted octanol–water partition coefficient (Wildman–Crippen LogP) is 1.85. The maximum absolute atomic E-state index is 11.5. The molecule has 0 heterocycles. The molecule has 0 aliphatic rings. The Kier molecular flexibility index (Phi) is 10.8. The molecule has 2 amide bonds. The van der Waals surface area contributed by atoms with Crippen molar-refractivity contribution >= 4 is 12.0 Å². The van der Waals surface area contributed by atoms with Crippen LogP contribution in [0.5, 0.6) is 0 Å². The van der Waals surface area contributed by atoms with Gasteiger partial charge in [0.15, 0.2) is 0 Å². The lowest BCUT2D eigenvalue weighted by molar-refractivity contribution is -0.142. The quantitative estimate of drug-likeness (QED) is 0.506. The van der Waals surface area contributed by atoms with Crippen LogP contribution in [0, 0.1) is 11.8 Å². The standard InChI is InChI=1S/C14H28N2O4/c1-4-5-8-20-9-6-7-15-14(19)16-10-12(11(2)3)13(17)18/h11-12H,4-10H2,1-3H3,(H,17,18)(H2,15,16,19). The highest BCUT2D eigenvalue weighted by Gasteiger charge is 2.21. The first-order chi connectivity index (χ1) is 9.49. The van der Waals surface area contributed by atoms with E-state index in [2.05, 4.69) is 17.6 Å². The van der Waals surface area contributed by atoms with Crippen molar-refractivity contribution in [2.75, 3.05) is 26.3 Å². The van der Waals surface area contributed by atoms with E-state index in [4.69, 9.17) is 9.84 Å². The fraction of sp³-hybridized carbons (Fsp3) is 0.857. The minimum Gasteiger partial charge on any atom is -0.481 e. The van der Waals surface area contributed by atoms with Crippen LogP contribution in [0.15, 0.2) is 0 Å². The molecule has 0 radical (unpaired) electrons. The summed E-state index contributed by atoms with van der Waals surface area (Å²) in [6.07, 6.45) is 2.92. The van der Waals surface area contributed by atoms with Crippen molar-refractivity contribution in [3.05, 3.63) is 0 Å². The summed E-state index contributed by atoms with van der Waals surface area (Å²) in [6.45, 7) is 7.82. The van der Waals surface area contributed by atoms with Crippen molar-refractivity contribution < 1.29 is 19.4 Å². The van der Waals surface area contributed by atoms with Gasteiger partial charge in [0, 0.05) is 26.3 Å². The minimum absolute atomic E-state index is 0.0141. The summed E-state index contributed by atoms with van der Waals surface area (Å²) in [5.74, 6) is -1.46. The van der Waals surface area contributed by atoms with E-state index in [9.17, 15) is 9.59 Å². The minimum atomic E-state index is -0.885. The summed E-state index contributed by atoms with van der Waals surface area (Å²) in [7, 11) is 0. The van der Waals surface area contributed by atoms with Crippen LogP contribution in [0.25, 0.3) is 0 Å². The van der Waals surface area contributed by atoms with E-state index in [-0.39, 0.29) is 18.5 Å². The van der Waals surface area contributed by atoms with Crippen LogP contribution in [0.3, 0.4) is 0 Å². The highest BCUT2D eigenvalue weighted by atomic mass is 16.5. The van der Waals surface area contributed by atoms with Gasteiger partial charge >= 0.3 is 12.0 Å². The van der Waals surface area contributed by atoms with Crippen LogP contribution >= 0.6 is 0 Å². The average molecular weight is 288 g/mol. The van der Waals surface area contributed by atoms with Gasteiger partial charge in [0.25, 0.3) is 0 Å². The molecule has 0 aromatic heterocycles. The van der Waals surface area contributed by atoms with Crippen molar-refractivity contribution in [3.8, 4) is 0 Å². The van der Waals surface area contributed by atoms with E-state index in [0.29, 0.717) is 13.2 Å². The molecule has 0 saturated carbocycles. The molecule has 1 unspecified atom stereocenters. The van der Waals surface area contributed by atoms with Crippen LogP contribution in [-0.2, 0) is 9.53 Å². The van der Waals surface area contributed by atoms with Gasteiger partial charge in [-0.1, -0.05) is 27.2 Å². The van der Waals surface area contributed by atoms with Gasteiger partial charge in [-0.2, -0.15) is 0 Å². The van der Waals surface area contributed by atoms with Gasteiger partial charge in [0.2, 0.25) is 0 Å². The Morgan fingerprint density at radius 1 is 1.15 bits per heavy atom. The second-order valence-electron chi connectivity index (χ2n) is 5.15. The van der Waals surface area contributed by atoms with Crippen molar-refractivity contribution in [2.24, 2.45) is 11.8 Å². The summed E-state index contributed by atoms with van der Waals surface area (Å²) in [4.78, 5) is 22.4. The zero-order valence-electron chi connectivity index (χ0n) is 12.8. The molecule has 0 aromatic carbocycles. The maximum Gasteiger partial charge on any atom is 0.314 e. The first kappa shape index (κ1) is 18.7. The van der Waals surface area contributed by atoms with Crippen molar-refractivity contribution in [1.82, 2.24) is 10.6 Å². The summed E-state index contributed by atoms with van der Waals surface area (Å²) in [6, 6.07) is -0.328. The first-order valence-corrected chi connectivity index (χ1v) is 7.31. The van der Waals surface area contributed by atoms with Gasteiger partial charge < -0.3 is 20.5 Å². The Balaban J connectivity index is 3.61. The van der Waals surface area contributed by atoms with Gasteiger partial charge in [-0.15, -0.1) is 0 Å². The molecular weight excluding hydrogens is 260 g/mol. The number of hydrogen-bond acceptors (Lipinski definition) is 3. The van der Waals surface area contributed by atoms with Crippen LogP contribution in [0.2, 0.25) is 0 Å². The second-order valence-corrected chi connectivity index (χ2v) is 5.15. The number of aliphatic carboxylic acids is 1. The second kappa shape index (κ2) is 11.5. The molecule has 0 saturated heterocycles. The summed E-state index contributed by atoms with van der Waals surface area (Å²) in [5.41, 5.74) is 0. The zero-order chi connectivity index (χ0) is 15.4. The van der Waals surface area contributed by atoms with Crippen LogP contribution in [-0.4, -0.2) is 43.4 Å². The lowest BCUT2D eigenvalue weighted by atomic mass is 9.96. The van der Waals surface area contributed by atoms with Crippen LogP contribution < -0.4 is 10.6 Å². The molecule has 0 aromatic rings. The smallest absolute Gasteiger partial charge is 0.314 e. The third-order valence-corrected chi connectivity index (χ3v) is 3.00. The molecule has 0 aliphatic heterocycles.